The molecule has 1 saturated carbocycles. The number of carbonyl (C=O) groups is 1. The first kappa shape index (κ1) is 11.3. The van der Waals surface area contributed by atoms with E-state index >= 15 is 0 Å². The van der Waals surface area contributed by atoms with Crippen molar-refractivity contribution >= 4 is 6.03 Å². The molecule has 1 aliphatic rings. The third-order valence-corrected chi connectivity index (χ3v) is 3.09. The summed E-state index contributed by atoms with van der Waals surface area (Å²) in [5.74, 6) is 0.816. The van der Waals surface area contributed by atoms with Crippen LogP contribution in [0.5, 0.6) is 0 Å². The Morgan fingerprint density at radius 3 is 2.71 bits per heavy atom. The molecule has 0 heterocycles. The Labute approximate surface area is 86.9 Å². The van der Waals surface area contributed by atoms with Crippen LogP contribution < -0.4 is 5.32 Å². The first-order valence-electron chi connectivity index (χ1n) is 5.61. The quantitative estimate of drug-likeness (QED) is 0.725. The van der Waals surface area contributed by atoms with Crippen molar-refractivity contribution in [1.82, 2.24) is 10.2 Å². The highest BCUT2D eigenvalue weighted by molar-refractivity contribution is 5.73. The van der Waals surface area contributed by atoms with E-state index in [1.54, 1.807) is 19.0 Å². The summed E-state index contributed by atoms with van der Waals surface area (Å²) in [5, 5.41) is 3.07. The fourth-order valence-electron chi connectivity index (χ4n) is 2.10. The van der Waals surface area contributed by atoms with Crippen LogP contribution in [0.2, 0.25) is 0 Å². The van der Waals surface area contributed by atoms with E-state index in [1.165, 1.54) is 19.3 Å². The standard InChI is InChI=1S/C11H22N2O/c1-4-9-6-5-7-10(8-9)12-11(14)13(2)3/h9-10H,4-8H2,1-3H3,(H,12,14). The zero-order valence-electron chi connectivity index (χ0n) is 9.55. The molecule has 1 N–H and O–H groups in total. The molecule has 0 aromatic heterocycles. The van der Waals surface area contributed by atoms with Crippen molar-refractivity contribution in [1.29, 1.82) is 0 Å². The molecule has 3 nitrogen and oxygen atoms in total. The number of amides is 2. The third kappa shape index (κ3) is 3.20. The van der Waals surface area contributed by atoms with E-state index in [-0.39, 0.29) is 6.03 Å². The predicted octanol–water partition coefficient (Wildman–Crippen LogP) is 2.23. The third-order valence-electron chi connectivity index (χ3n) is 3.09. The van der Waals surface area contributed by atoms with Gasteiger partial charge in [-0.1, -0.05) is 26.2 Å². The minimum absolute atomic E-state index is 0.0479. The van der Waals surface area contributed by atoms with Gasteiger partial charge >= 0.3 is 6.03 Å². The largest absolute Gasteiger partial charge is 0.335 e. The number of nitrogens with one attached hydrogen (secondary N) is 1. The van der Waals surface area contributed by atoms with Crippen molar-refractivity contribution in [3.8, 4) is 0 Å². The summed E-state index contributed by atoms with van der Waals surface area (Å²) in [6, 6.07) is 0.454. The lowest BCUT2D eigenvalue weighted by Crippen LogP contribution is -2.43. The average molecular weight is 198 g/mol. The first-order chi connectivity index (χ1) is 6.63. The molecule has 0 radical (unpaired) electrons. The molecule has 0 spiro atoms. The molecule has 1 fully saturated rings. The van der Waals surface area contributed by atoms with Crippen molar-refractivity contribution in [2.24, 2.45) is 5.92 Å². The summed E-state index contributed by atoms with van der Waals surface area (Å²) in [6.07, 6.45) is 6.15. The number of rotatable bonds is 2. The molecule has 3 heteroatoms. The number of nitrogens with zero attached hydrogens (tertiary/aromatic N) is 1. The second kappa shape index (κ2) is 5.23. The summed E-state index contributed by atoms with van der Waals surface area (Å²) in [7, 11) is 3.57. The van der Waals surface area contributed by atoms with Gasteiger partial charge in [0.2, 0.25) is 0 Å². The van der Waals surface area contributed by atoms with Crippen molar-refractivity contribution in [3.63, 3.8) is 0 Å². The van der Waals surface area contributed by atoms with Gasteiger partial charge in [-0.2, -0.15) is 0 Å². The molecule has 0 aromatic carbocycles. The maximum atomic E-state index is 11.4. The molecule has 14 heavy (non-hydrogen) atoms. The van der Waals surface area contributed by atoms with Crippen LogP contribution in [-0.2, 0) is 0 Å². The molecule has 2 atom stereocenters. The molecule has 82 valence electrons. The zero-order chi connectivity index (χ0) is 10.6. The summed E-state index contributed by atoms with van der Waals surface area (Å²) < 4.78 is 0. The maximum Gasteiger partial charge on any atom is 0.317 e. The normalized spacial score (nSPS) is 27.1. The SMILES string of the molecule is CCC1CCCC(NC(=O)N(C)C)C1. The molecular weight excluding hydrogens is 176 g/mol. The summed E-state index contributed by atoms with van der Waals surface area (Å²) in [6.45, 7) is 2.24. The van der Waals surface area contributed by atoms with Gasteiger partial charge in [-0.05, 0) is 18.8 Å². The van der Waals surface area contributed by atoms with Crippen LogP contribution in [0.4, 0.5) is 4.79 Å². The molecule has 0 aliphatic heterocycles. The fourth-order valence-corrected chi connectivity index (χ4v) is 2.10. The Morgan fingerprint density at radius 1 is 1.43 bits per heavy atom. The average Bonchev–Trinajstić information content (AvgIpc) is 2.18. The highest BCUT2D eigenvalue weighted by atomic mass is 16.2. The number of hydrogen-bond donors (Lipinski definition) is 1. The monoisotopic (exact) mass is 198 g/mol. The lowest BCUT2D eigenvalue weighted by atomic mass is 9.84. The van der Waals surface area contributed by atoms with Crippen molar-refractivity contribution in [2.45, 2.75) is 45.1 Å². The van der Waals surface area contributed by atoms with Crippen molar-refractivity contribution in [2.75, 3.05) is 14.1 Å². The van der Waals surface area contributed by atoms with Crippen LogP contribution in [-0.4, -0.2) is 31.1 Å². The molecule has 1 aliphatic carbocycles. The number of carbonyl (C=O) groups excluding carboxylic acids is 1. The van der Waals surface area contributed by atoms with E-state index < -0.39 is 0 Å². The minimum atomic E-state index is 0.0479. The van der Waals surface area contributed by atoms with E-state index in [9.17, 15) is 4.79 Å². The molecule has 1 rings (SSSR count). The van der Waals surface area contributed by atoms with Crippen LogP contribution in [0.15, 0.2) is 0 Å². The van der Waals surface area contributed by atoms with Gasteiger partial charge in [0.1, 0.15) is 0 Å². The Hall–Kier alpha value is -0.730. The Morgan fingerprint density at radius 2 is 2.14 bits per heavy atom. The Kier molecular flexibility index (Phi) is 4.23. The Bertz CT molecular complexity index is 192. The van der Waals surface area contributed by atoms with Gasteiger partial charge < -0.3 is 10.2 Å². The maximum absolute atomic E-state index is 11.4. The lowest BCUT2D eigenvalue weighted by molar-refractivity contribution is 0.202. The highest BCUT2D eigenvalue weighted by Gasteiger charge is 2.22. The molecule has 0 saturated heterocycles. The van der Waals surface area contributed by atoms with Gasteiger partial charge in [-0.3, -0.25) is 0 Å². The van der Waals surface area contributed by atoms with Gasteiger partial charge in [-0.25, -0.2) is 4.79 Å². The van der Waals surface area contributed by atoms with Crippen LogP contribution in [0.3, 0.4) is 0 Å². The van der Waals surface area contributed by atoms with Crippen molar-refractivity contribution in [3.05, 3.63) is 0 Å². The van der Waals surface area contributed by atoms with Crippen LogP contribution in [0, 0.1) is 5.92 Å². The Balaban J connectivity index is 2.34. The van der Waals surface area contributed by atoms with Gasteiger partial charge in [0.25, 0.3) is 0 Å². The predicted molar refractivity (Wildman–Crippen MR) is 58.3 cm³/mol. The van der Waals surface area contributed by atoms with E-state index in [2.05, 4.69) is 12.2 Å². The van der Waals surface area contributed by atoms with E-state index in [0.717, 1.165) is 18.8 Å². The summed E-state index contributed by atoms with van der Waals surface area (Å²) in [4.78, 5) is 13.0. The number of hydrogen-bond acceptors (Lipinski definition) is 1. The molecule has 2 amide bonds. The van der Waals surface area contributed by atoms with Crippen LogP contribution >= 0.6 is 0 Å². The molecule has 2 unspecified atom stereocenters. The zero-order valence-corrected chi connectivity index (χ0v) is 9.55. The second-order valence-electron chi connectivity index (χ2n) is 4.48. The number of urea groups is 1. The van der Waals surface area contributed by atoms with Crippen LogP contribution in [0.25, 0.3) is 0 Å². The second-order valence-corrected chi connectivity index (χ2v) is 4.48. The van der Waals surface area contributed by atoms with Crippen molar-refractivity contribution < 1.29 is 4.79 Å². The van der Waals surface area contributed by atoms with Crippen LogP contribution in [0.1, 0.15) is 39.0 Å². The van der Waals surface area contributed by atoms with Gasteiger partial charge in [-0.15, -0.1) is 0 Å². The van der Waals surface area contributed by atoms with E-state index in [0.29, 0.717) is 6.04 Å². The minimum Gasteiger partial charge on any atom is -0.335 e. The highest BCUT2D eigenvalue weighted by Crippen LogP contribution is 2.26. The van der Waals surface area contributed by atoms with Gasteiger partial charge in [0, 0.05) is 20.1 Å². The summed E-state index contributed by atoms with van der Waals surface area (Å²) >= 11 is 0. The fraction of sp³-hybridized carbons (Fsp3) is 0.909. The molecular formula is C11H22N2O. The molecule has 0 aromatic rings. The van der Waals surface area contributed by atoms with Gasteiger partial charge in [0.05, 0.1) is 0 Å². The van der Waals surface area contributed by atoms with E-state index in [4.69, 9.17) is 0 Å². The topological polar surface area (TPSA) is 32.3 Å². The first-order valence-corrected chi connectivity index (χ1v) is 5.61. The van der Waals surface area contributed by atoms with E-state index in [1.807, 2.05) is 0 Å². The lowest BCUT2D eigenvalue weighted by Gasteiger charge is -2.29. The molecule has 0 bridgehead atoms. The summed E-state index contributed by atoms with van der Waals surface area (Å²) in [5.41, 5.74) is 0. The van der Waals surface area contributed by atoms with Gasteiger partial charge in [0.15, 0.2) is 0 Å². The smallest absolute Gasteiger partial charge is 0.317 e.